The van der Waals surface area contributed by atoms with E-state index in [2.05, 4.69) is 11.9 Å². The lowest BCUT2D eigenvalue weighted by Crippen LogP contribution is -2.22. The van der Waals surface area contributed by atoms with Crippen molar-refractivity contribution in [2.24, 2.45) is 0 Å². The molecule has 0 unspecified atom stereocenters. The van der Waals surface area contributed by atoms with Crippen molar-refractivity contribution in [3.05, 3.63) is 12.7 Å². The molecule has 0 aliphatic rings. The number of nitrogens with one attached hydrogen (secondary N) is 1. The second-order valence-electron chi connectivity index (χ2n) is 2.57. The highest BCUT2D eigenvalue weighted by Gasteiger charge is 2.25. The molecule has 0 fully saturated rings. The van der Waals surface area contributed by atoms with E-state index in [1.807, 2.05) is 0 Å². The molecule has 0 bridgehead atoms. The fraction of sp³-hybridized carbons (Fsp3) is 0.625. The van der Waals surface area contributed by atoms with Crippen molar-refractivity contribution in [1.82, 2.24) is 5.32 Å². The van der Waals surface area contributed by atoms with Crippen molar-refractivity contribution in [1.29, 1.82) is 0 Å². The lowest BCUT2D eigenvalue weighted by molar-refractivity contribution is -0.135. The largest absolute Gasteiger partial charge is 0.389 e. The van der Waals surface area contributed by atoms with Gasteiger partial charge in [-0.05, 0) is 18.9 Å². The lowest BCUT2D eigenvalue weighted by Gasteiger charge is -2.05. The molecule has 1 N–H and O–H groups in total. The van der Waals surface area contributed by atoms with Gasteiger partial charge in [-0.15, -0.1) is 0 Å². The van der Waals surface area contributed by atoms with E-state index in [0.717, 1.165) is 6.08 Å². The Balaban J connectivity index is 3.27. The number of halogens is 3. The van der Waals surface area contributed by atoms with Crippen LogP contribution in [0.15, 0.2) is 12.7 Å². The summed E-state index contributed by atoms with van der Waals surface area (Å²) >= 11 is 0. The molecule has 0 heterocycles. The summed E-state index contributed by atoms with van der Waals surface area (Å²) in [6, 6.07) is 0. The van der Waals surface area contributed by atoms with Gasteiger partial charge in [0.2, 0.25) is 5.91 Å². The molecule has 13 heavy (non-hydrogen) atoms. The van der Waals surface area contributed by atoms with E-state index in [1.165, 1.54) is 0 Å². The van der Waals surface area contributed by atoms with Gasteiger partial charge in [-0.3, -0.25) is 4.79 Å². The van der Waals surface area contributed by atoms with Crippen molar-refractivity contribution in [2.45, 2.75) is 25.4 Å². The van der Waals surface area contributed by atoms with Gasteiger partial charge in [-0.2, -0.15) is 13.2 Å². The molecule has 0 saturated carbocycles. The summed E-state index contributed by atoms with van der Waals surface area (Å²) in [5.41, 5.74) is 0. The van der Waals surface area contributed by atoms with E-state index in [1.54, 1.807) is 0 Å². The van der Waals surface area contributed by atoms with E-state index in [-0.39, 0.29) is 18.9 Å². The third kappa shape index (κ3) is 8.91. The van der Waals surface area contributed by atoms with Crippen LogP contribution in [0, 0.1) is 0 Å². The van der Waals surface area contributed by atoms with Crippen molar-refractivity contribution in [3.63, 3.8) is 0 Å². The van der Waals surface area contributed by atoms with E-state index in [0.29, 0.717) is 6.42 Å². The Morgan fingerprint density at radius 3 is 2.46 bits per heavy atom. The van der Waals surface area contributed by atoms with Gasteiger partial charge >= 0.3 is 6.18 Å². The Kier molecular flexibility index (Phi) is 5.18. The van der Waals surface area contributed by atoms with Crippen LogP contribution in [0.5, 0.6) is 0 Å². The van der Waals surface area contributed by atoms with Crippen molar-refractivity contribution >= 4 is 5.91 Å². The molecule has 0 spiro atoms. The maximum atomic E-state index is 11.6. The van der Waals surface area contributed by atoms with E-state index in [9.17, 15) is 18.0 Å². The van der Waals surface area contributed by atoms with Gasteiger partial charge in [-0.25, -0.2) is 0 Å². The molecule has 0 aromatic carbocycles. The molecule has 1 amide bonds. The highest BCUT2D eigenvalue weighted by Crippen LogP contribution is 2.21. The predicted octanol–water partition coefficient (Wildman–Crippen LogP) is 2.02. The molecule has 0 radical (unpaired) electrons. The van der Waals surface area contributed by atoms with Gasteiger partial charge in [0.15, 0.2) is 0 Å². The summed E-state index contributed by atoms with van der Waals surface area (Å²) in [6.07, 6.45) is -3.43. The fourth-order valence-corrected chi connectivity index (χ4v) is 0.734. The smallest absolute Gasteiger partial charge is 0.353 e. The molecule has 0 aliphatic carbocycles. The SMILES string of the molecule is C=CC(=O)NCCCCC(F)(F)F. The Morgan fingerprint density at radius 1 is 1.38 bits per heavy atom. The molecule has 5 heteroatoms. The van der Waals surface area contributed by atoms with Crippen LogP contribution in [0.4, 0.5) is 13.2 Å². The molecule has 0 aromatic rings. The Morgan fingerprint density at radius 2 is 2.00 bits per heavy atom. The highest BCUT2D eigenvalue weighted by molar-refractivity contribution is 5.86. The number of carbonyl (C=O) groups is 1. The van der Waals surface area contributed by atoms with Gasteiger partial charge in [0.05, 0.1) is 0 Å². The van der Waals surface area contributed by atoms with Crippen LogP contribution in [0.3, 0.4) is 0 Å². The van der Waals surface area contributed by atoms with Gasteiger partial charge in [0.25, 0.3) is 0 Å². The topological polar surface area (TPSA) is 29.1 Å². The first-order valence-corrected chi connectivity index (χ1v) is 3.93. The van der Waals surface area contributed by atoms with Crippen molar-refractivity contribution < 1.29 is 18.0 Å². The molecule has 0 aliphatic heterocycles. The number of carbonyl (C=O) groups excluding carboxylic acids is 1. The zero-order chi connectivity index (χ0) is 10.3. The first-order valence-electron chi connectivity index (χ1n) is 3.93. The molecule has 76 valence electrons. The van der Waals surface area contributed by atoms with Crippen LogP contribution in [0.25, 0.3) is 0 Å². The minimum atomic E-state index is -4.09. The van der Waals surface area contributed by atoms with Gasteiger partial charge in [0.1, 0.15) is 0 Å². The highest BCUT2D eigenvalue weighted by atomic mass is 19.4. The fourth-order valence-electron chi connectivity index (χ4n) is 0.734. The van der Waals surface area contributed by atoms with Crippen LogP contribution in [0.1, 0.15) is 19.3 Å². The van der Waals surface area contributed by atoms with E-state index >= 15 is 0 Å². The summed E-state index contributed by atoms with van der Waals surface area (Å²) in [7, 11) is 0. The predicted molar refractivity (Wildman–Crippen MR) is 43.1 cm³/mol. The van der Waals surface area contributed by atoms with Crippen LogP contribution in [-0.4, -0.2) is 18.6 Å². The molecule has 0 atom stereocenters. The molecule has 0 aromatic heterocycles. The summed E-state index contributed by atoms with van der Waals surface area (Å²) in [6.45, 7) is 3.47. The van der Waals surface area contributed by atoms with Crippen molar-refractivity contribution in [3.8, 4) is 0 Å². The number of amides is 1. The second-order valence-corrected chi connectivity index (χ2v) is 2.57. The molecular weight excluding hydrogens is 183 g/mol. The number of rotatable bonds is 5. The number of hydrogen-bond acceptors (Lipinski definition) is 1. The van der Waals surface area contributed by atoms with Gasteiger partial charge < -0.3 is 5.32 Å². The van der Waals surface area contributed by atoms with E-state index < -0.39 is 12.6 Å². The third-order valence-corrected chi connectivity index (χ3v) is 1.37. The average molecular weight is 195 g/mol. The Labute approximate surface area is 74.8 Å². The van der Waals surface area contributed by atoms with Crippen molar-refractivity contribution in [2.75, 3.05) is 6.54 Å². The van der Waals surface area contributed by atoms with Gasteiger partial charge in [-0.1, -0.05) is 6.58 Å². The Hall–Kier alpha value is -1.00. The normalized spacial score (nSPS) is 11.0. The average Bonchev–Trinajstić information content (AvgIpc) is 2.01. The maximum Gasteiger partial charge on any atom is 0.389 e. The van der Waals surface area contributed by atoms with Crippen LogP contribution in [-0.2, 0) is 4.79 Å². The summed E-state index contributed by atoms with van der Waals surface area (Å²) < 4.78 is 34.8. The number of alkyl halides is 3. The monoisotopic (exact) mass is 195 g/mol. The lowest BCUT2D eigenvalue weighted by atomic mass is 10.2. The van der Waals surface area contributed by atoms with E-state index in [4.69, 9.17) is 0 Å². The molecule has 2 nitrogen and oxygen atoms in total. The second kappa shape index (κ2) is 5.61. The first-order chi connectivity index (χ1) is 5.95. The molecular formula is C8H12F3NO. The van der Waals surface area contributed by atoms with Gasteiger partial charge in [0, 0.05) is 13.0 Å². The quantitative estimate of drug-likeness (QED) is 0.527. The maximum absolute atomic E-state index is 11.6. The standard InChI is InChI=1S/C8H12F3NO/c1-2-7(13)12-6-4-3-5-8(9,10)11/h2H,1,3-6H2,(H,12,13). The van der Waals surface area contributed by atoms with Crippen LogP contribution >= 0.6 is 0 Å². The summed E-state index contributed by atoms with van der Waals surface area (Å²) in [5, 5.41) is 2.39. The first kappa shape index (κ1) is 12.0. The minimum absolute atomic E-state index is 0.0426. The number of unbranched alkanes of at least 4 members (excludes halogenated alkanes) is 1. The zero-order valence-electron chi connectivity index (χ0n) is 7.16. The Bertz CT molecular complexity index is 177. The molecule has 0 rings (SSSR count). The van der Waals surface area contributed by atoms with Crippen LogP contribution in [0.2, 0.25) is 0 Å². The third-order valence-electron chi connectivity index (χ3n) is 1.37. The summed E-state index contributed by atoms with van der Waals surface area (Å²) in [5.74, 6) is -0.355. The minimum Gasteiger partial charge on any atom is -0.353 e. The zero-order valence-corrected chi connectivity index (χ0v) is 7.16. The molecule has 0 saturated heterocycles. The van der Waals surface area contributed by atoms with Crippen LogP contribution < -0.4 is 5.32 Å². The number of hydrogen-bond donors (Lipinski definition) is 1. The summed E-state index contributed by atoms with van der Waals surface area (Å²) in [4.78, 5) is 10.5.